The second kappa shape index (κ2) is 13.7. The molecule has 0 unspecified atom stereocenters. The van der Waals surface area contributed by atoms with Gasteiger partial charge in [-0.3, -0.25) is 4.79 Å². The van der Waals surface area contributed by atoms with Crippen molar-refractivity contribution in [3.05, 3.63) is 91.8 Å². The SMILES string of the molecule is CCOCCOc1cccc(OCc2c(Cl)cc(Cl)c(=O)n2CCc2ccc(C(=O)OC(C)(C)C)cc2)c1. The van der Waals surface area contributed by atoms with Crippen molar-refractivity contribution >= 4 is 29.2 Å². The van der Waals surface area contributed by atoms with Crippen LogP contribution in [0.15, 0.2) is 59.4 Å². The van der Waals surface area contributed by atoms with E-state index in [4.69, 9.17) is 42.1 Å². The number of halogens is 2. The average molecular weight is 562 g/mol. The molecule has 0 bridgehead atoms. The van der Waals surface area contributed by atoms with Crippen LogP contribution in [0, 0.1) is 0 Å². The zero-order valence-electron chi connectivity index (χ0n) is 22.1. The van der Waals surface area contributed by atoms with Crippen LogP contribution in [0.3, 0.4) is 0 Å². The Morgan fingerprint density at radius 3 is 2.26 bits per heavy atom. The van der Waals surface area contributed by atoms with Gasteiger partial charge < -0.3 is 23.5 Å². The lowest BCUT2D eigenvalue weighted by Gasteiger charge is -2.19. The predicted molar refractivity (Wildman–Crippen MR) is 149 cm³/mol. The number of carbonyl (C=O) groups is 1. The van der Waals surface area contributed by atoms with Crippen LogP contribution < -0.4 is 15.0 Å². The van der Waals surface area contributed by atoms with Gasteiger partial charge in [-0.15, -0.1) is 0 Å². The van der Waals surface area contributed by atoms with Crippen LogP contribution in [-0.4, -0.2) is 36.0 Å². The summed E-state index contributed by atoms with van der Waals surface area (Å²) in [5, 5.41) is 0.364. The Morgan fingerprint density at radius 2 is 1.61 bits per heavy atom. The van der Waals surface area contributed by atoms with Gasteiger partial charge in [-0.25, -0.2) is 4.79 Å². The quantitative estimate of drug-likeness (QED) is 0.189. The number of carbonyl (C=O) groups excluding carboxylic acids is 1. The number of esters is 1. The molecule has 1 aromatic heterocycles. The first-order chi connectivity index (χ1) is 18.1. The Hall–Kier alpha value is -3.00. The number of nitrogens with zero attached hydrogens (tertiary/aromatic N) is 1. The Balaban J connectivity index is 1.70. The number of benzene rings is 2. The van der Waals surface area contributed by atoms with E-state index < -0.39 is 5.60 Å². The molecule has 2 aromatic carbocycles. The van der Waals surface area contributed by atoms with E-state index in [0.717, 1.165) is 5.56 Å². The van der Waals surface area contributed by atoms with Crippen LogP contribution in [0.25, 0.3) is 0 Å². The molecule has 0 fully saturated rings. The van der Waals surface area contributed by atoms with Crippen LogP contribution in [0.5, 0.6) is 11.5 Å². The number of aryl methyl sites for hydroxylation is 1. The van der Waals surface area contributed by atoms with E-state index in [1.54, 1.807) is 24.3 Å². The highest BCUT2D eigenvalue weighted by Crippen LogP contribution is 2.24. The second-order valence-corrected chi connectivity index (χ2v) is 10.3. The molecule has 0 saturated heterocycles. The van der Waals surface area contributed by atoms with Crippen LogP contribution in [0.4, 0.5) is 0 Å². The summed E-state index contributed by atoms with van der Waals surface area (Å²) in [6, 6.07) is 15.8. The highest BCUT2D eigenvalue weighted by molar-refractivity contribution is 6.34. The smallest absolute Gasteiger partial charge is 0.338 e. The molecule has 38 heavy (non-hydrogen) atoms. The van der Waals surface area contributed by atoms with E-state index in [-0.39, 0.29) is 23.2 Å². The number of rotatable bonds is 12. The molecule has 9 heteroatoms. The lowest BCUT2D eigenvalue weighted by Crippen LogP contribution is -2.26. The predicted octanol–water partition coefficient (Wildman–Crippen LogP) is 6.35. The van der Waals surface area contributed by atoms with Gasteiger partial charge in [0.05, 0.1) is 22.9 Å². The fraction of sp³-hybridized carbons (Fsp3) is 0.379. The first-order valence-electron chi connectivity index (χ1n) is 12.4. The highest BCUT2D eigenvalue weighted by atomic mass is 35.5. The van der Waals surface area contributed by atoms with E-state index in [0.29, 0.717) is 60.6 Å². The maximum Gasteiger partial charge on any atom is 0.338 e. The van der Waals surface area contributed by atoms with E-state index in [1.165, 1.54) is 10.6 Å². The normalized spacial score (nSPS) is 11.3. The fourth-order valence-electron chi connectivity index (χ4n) is 3.57. The Labute approximate surface area is 233 Å². The Bertz CT molecular complexity index is 1280. The second-order valence-electron chi connectivity index (χ2n) is 9.50. The van der Waals surface area contributed by atoms with Gasteiger partial charge in [0.2, 0.25) is 0 Å². The molecule has 0 saturated carbocycles. The van der Waals surface area contributed by atoms with E-state index in [1.807, 2.05) is 52.0 Å². The molecule has 0 N–H and O–H groups in total. The summed E-state index contributed by atoms with van der Waals surface area (Å²) >= 11 is 12.6. The van der Waals surface area contributed by atoms with Gasteiger partial charge in [0, 0.05) is 19.2 Å². The molecule has 0 aliphatic heterocycles. The van der Waals surface area contributed by atoms with Crippen molar-refractivity contribution in [2.75, 3.05) is 19.8 Å². The van der Waals surface area contributed by atoms with Gasteiger partial charge in [0.25, 0.3) is 5.56 Å². The van der Waals surface area contributed by atoms with Crippen molar-refractivity contribution < 1.29 is 23.7 Å². The number of pyridine rings is 1. The summed E-state index contributed by atoms with van der Waals surface area (Å²) in [7, 11) is 0. The van der Waals surface area contributed by atoms with Crippen LogP contribution in [0.2, 0.25) is 10.0 Å². The molecule has 0 amide bonds. The highest BCUT2D eigenvalue weighted by Gasteiger charge is 2.18. The van der Waals surface area contributed by atoms with Crippen molar-refractivity contribution in [2.45, 2.75) is 52.9 Å². The first kappa shape index (κ1) is 29.6. The molecule has 0 spiro atoms. The lowest BCUT2D eigenvalue weighted by atomic mass is 10.1. The molecular formula is C29H33Cl2NO6. The zero-order chi connectivity index (χ0) is 27.7. The minimum absolute atomic E-state index is 0.0312. The van der Waals surface area contributed by atoms with Crippen molar-refractivity contribution in [1.82, 2.24) is 4.57 Å². The number of hydrogen-bond acceptors (Lipinski definition) is 6. The third kappa shape index (κ3) is 8.79. The molecular weight excluding hydrogens is 529 g/mol. The minimum Gasteiger partial charge on any atom is -0.491 e. The summed E-state index contributed by atoms with van der Waals surface area (Å²) in [5.74, 6) is 0.836. The molecule has 0 atom stereocenters. The van der Waals surface area contributed by atoms with Crippen LogP contribution in [0.1, 0.15) is 49.3 Å². The van der Waals surface area contributed by atoms with Gasteiger partial charge in [-0.1, -0.05) is 41.4 Å². The molecule has 0 aliphatic carbocycles. The van der Waals surface area contributed by atoms with Crippen LogP contribution in [-0.2, 0) is 29.0 Å². The van der Waals surface area contributed by atoms with E-state index >= 15 is 0 Å². The van der Waals surface area contributed by atoms with Crippen molar-refractivity contribution in [1.29, 1.82) is 0 Å². The van der Waals surface area contributed by atoms with E-state index in [2.05, 4.69) is 0 Å². The standard InChI is InChI=1S/C29H33Cl2NO6/c1-5-35-15-16-36-22-7-6-8-23(17-22)37-19-26-24(30)18-25(31)27(33)32(26)14-13-20-9-11-21(12-10-20)28(34)38-29(2,3)4/h6-12,17-18H,5,13-16,19H2,1-4H3. The zero-order valence-corrected chi connectivity index (χ0v) is 23.6. The number of ether oxygens (including phenoxy) is 4. The summed E-state index contributed by atoms with van der Waals surface area (Å²) in [6.45, 7) is 9.34. The molecule has 1 heterocycles. The average Bonchev–Trinajstić information content (AvgIpc) is 2.87. The minimum atomic E-state index is -0.570. The van der Waals surface area contributed by atoms with Crippen molar-refractivity contribution in [3.63, 3.8) is 0 Å². The monoisotopic (exact) mass is 561 g/mol. The van der Waals surface area contributed by atoms with E-state index in [9.17, 15) is 9.59 Å². The van der Waals surface area contributed by atoms with Gasteiger partial charge in [-0.05, 0) is 70.0 Å². The Morgan fingerprint density at radius 1 is 0.921 bits per heavy atom. The maximum atomic E-state index is 12.9. The Kier molecular flexibility index (Phi) is 10.6. The molecule has 3 rings (SSSR count). The van der Waals surface area contributed by atoms with Gasteiger partial charge >= 0.3 is 5.97 Å². The van der Waals surface area contributed by atoms with Crippen molar-refractivity contribution in [3.8, 4) is 11.5 Å². The molecule has 3 aromatic rings. The first-order valence-corrected chi connectivity index (χ1v) is 13.2. The van der Waals surface area contributed by atoms with Gasteiger partial charge in [-0.2, -0.15) is 0 Å². The third-order valence-electron chi connectivity index (χ3n) is 5.40. The third-order valence-corrected chi connectivity index (χ3v) is 6.00. The van der Waals surface area contributed by atoms with Gasteiger partial charge in [0.15, 0.2) is 0 Å². The molecule has 7 nitrogen and oxygen atoms in total. The fourth-order valence-corrected chi connectivity index (χ4v) is 4.11. The summed E-state index contributed by atoms with van der Waals surface area (Å²) in [6.07, 6.45) is 0.515. The lowest BCUT2D eigenvalue weighted by molar-refractivity contribution is 0.00695. The summed E-state index contributed by atoms with van der Waals surface area (Å²) < 4.78 is 23.9. The maximum absolute atomic E-state index is 12.9. The van der Waals surface area contributed by atoms with Gasteiger partial charge in [0.1, 0.15) is 35.3 Å². The summed E-state index contributed by atoms with van der Waals surface area (Å²) in [4.78, 5) is 25.2. The number of aromatic nitrogens is 1. The van der Waals surface area contributed by atoms with Crippen LogP contribution >= 0.6 is 23.2 Å². The topological polar surface area (TPSA) is 76.0 Å². The molecule has 204 valence electrons. The molecule has 0 aliphatic rings. The molecule has 0 radical (unpaired) electrons. The largest absolute Gasteiger partial charge is 0.491 e. The number of hydrogen-bond donors (Lipinski definition) is 0. The summed E-state index contributed by atoms with van der Waals surface area (Å²) in [5.41, 5.74) is 0.982. The van der Waals surface area contributed by atoms with Crippen molar-refractivity contribution in [2.24, 2.45) is 0 Å².